The zero-order valence-electron chi connectivity index (χ0n) is 22.4. The first-order chi connectivity index (χ1) is 20.3. The van der Waals surface area contributed by atoms with E-state index in [0.717, 1.165) is 61.1 Å². The molecule has 0 aliphatic rings. The Morgan fingerprint density at radius 1 is 0.585 bits per heavy atom. The molecule has 0 aliphatic carbocycles. The molecule has 0 bridgehead atoms. The van der Waals surface area contributed by atoms with E-state index in [1.165, 1.54) is 10.9 Å². The van der Waals surface area contributed by atoms with E-state index in [9.17, 15) is 0 Å². The number of hydrogen-bond donors (Lipinski definition) is 1. The quantitative estimate of drug-likeness (QED) is 0.226. The molecule has 2 heterocycles. The van der Waals surface area contributed by atoms with Gasteiger partial charge in [0.15, 0.2) is 0 Å². The Morgan fingerprint density at radius 3 is 2.12 bits per heavy atom. The fraction of sp³-hybridized carbons (Fsp3) is 0.0270. The molecule has 2 aromatic heterocycles. The maximum atomic E-state index is 6.45. The van der Waals surface area contributed by atoms with Crippen molar-refractivity contribution in [1.82, 2.24) is 4.57 Å². The number of hydrogen-bond acceptors (Lipinski definition) is 3. The molecule has 196 valence electrons. The van der Waals surface area contributed by atoms with Gasteiger partial charge in [0.05, 0.1) is 27.8 Å². The van der Waals surface area contributed by atoms with E-state index in [-0.39, 0.29) is 0 Å². The Morgan fingerprint density at radius 2 is 1.29 bits per heavy atom. The highest BCUT2D eigenvalue weighted by Gasteiger charge is 2.19. The van der Waals surface area contributed by atoms with Crippen LogP contribution in [0.5, 0.6) is 0 Å². The van der Waals surface area contributed by atoms with Crippen LogP contribution >= 0.6 is 0 Å². The van der Waals surface area contributed by atoms with Crippen molar-refractivity contribution in [3.63, 3.8) is 0 Å². The predicted octanol–water partition coefficient (Wildman–Crippen LogP) is 9.60. The number of para-hydroxylation sites is 5. The Labute approximate surface area is 237 Å². The molecular formula is C37H27N3O. The zero-order valence-corrected chi connectivity index (χ0v) is 22.4. The Bertz CT molecular complexity index is 2190. The van der Waals surface area contributed by atoms with Crippen LogP contribution in [-0.2, 0) is 6.54 Å². The maximum Gasteiger partial charge on any atom is 0.145 e. The topological polar surface area (TPSA) is 47.3 Å². The lowest BCUT2D eigenvalue weighted by Crippen LogP contribution is -2.17. The van der Waals surface area contributed by atoms with Gasteiger partial charge in [0.2, 0.25) is 0 Å². The molecule has 0 saturated heterocycles. The molecule has 0 saturated carbocycles. The fourth-order valence-electron chi connectivity index (χ4n) is 6.10. The van der Waals surface area contributed by atoms with E-state index in [2.05, 4.69) is 113 Å². The number of nitrogens with two attached hydrogens (primary N) is 1. The highest BCUT2D eigenvalue weighted by atomic mass is 16.3. The molecule has 0 spiro atoms. The minimum atomic E-state index is 0.700. The molecular weight excluding hydrogens is 502 g/mol. The number of benzene rings is 6. The third-order valence-electron chi connectivity index (χ3n) is 8.01. The summed E-state index contributed by atoms with van der Waals surface area (Å²) in [6, 6.07) is 48.6. The van der Waals surface area contributed by atoms with E-state index in [4.69, 9.17) is 10.2 Å². The van der Waals surface area contributed by atoms with Crippen LogP contribution in [0.25, 0.3) is 49.4 Å². The van der Waals surface area contributed by atoms with Crippen LogP contribution in [0.4, 0.5) is 17.1 Å². The summed E-state index contributed by atoms with van der Waals surface area (Å²) in [7, 11) is 0. The van der Waals surface area contributed by atoms with Crippen LogP contribution < -0.4 is 10.6 Å². The van der Waals surface area contributed by atoms with Crippen LogP contribution in [0.3, 0.4) is 0 Å². The van der Waals surface area contributed by atoms with Gasteiger partial charge >= 0.3 is 0 Å². The number of furan rings is 1. The lowest BCUT2D eigenvalue weighted by molar-refractivity contribution is 0.673. The Kier molecular flexibility index (Phi) is 5.32. The molecule has 0 atom stereocenters. The third kappa shape index (κ3) is 3.76. The number of aromatic nitrogens is 1. The van der Waals surface area contributed by atoms with Gasteiger partial charge in [-0.25, -0.2) is 0 Å². The van der Waals surface area contributed by atoms with Crippen LogP contribution in [0.1, 0.15) is 5.56 Å². The van der Waals surface area contributed by atoms with Gasteiger partial charge in [-0.3, -0.25) is 0 Å². The van der Waals surface area contributed by atoms with Gasteiger partial charge in [0.25, 0.3) is 0 Å². The molecule has 0 amide bonds. The summed E-state index contributed by atoms with van der Waals surface area (Å²) >= 11 is 0. The first kappa shape index (κ1) is 23.4. The van der Waals surface area contributed by atoms with Crippen molar-refractivity contribution in [3.05, 3.63) is 145 Å². The van der Waals surface area contributed by atoms with Crippen LogP contribution in [0.15, 0.2) is 144 Å². The predicted molar refractivity (Wildman–Crippen MR) is 171 cm³/mol. The molecule has 4 heteroatoms. The average Bonchev–Trinajstić information content (AvgIpc) is 3.57. The van der Waals surface area contributed by atoms with Gasteiger partial charge in [0, 0.05) is 34.1 Å². The van der Waals surface area contributed by atoms with Crippen LogP contribution in [0, 0.1) is 0 Å². The van der Waals surface area contributed by atoms with Gasteiger partial charge in [-0.05, 0) is 66.2 Å². The minimum Gasteiger partial charge on any atom is -0.455 e. The Hall–Kier alpha value is -5.48. The second-order valence-corrected chi connectivity index (χ2v) is 10.4. The van der Waals surface area contributed by atoms with E-state index >= 15 is 0 Å². The van der Waals surface area contributed by atoms with E-state index in [1.54, 1.807) is 0 Å². The number of rotatable bonds is 5. The molecule has 6 aromatic carbocycles. The smallest absolute Gasteiger partial charge is 0.145 e. The summed E-state index contributed by atoms with van der Waals surface area (Å²) in [6.07, 6.45) is 0. The first-order valence-electron chi connectivity index (χ1n) is 13.9. The van der Waals surface area contributed by atoms with Gasteiger partial charge in [0.1, 0.15) is 11.2 Å². The van der Waals surface area contributed by atoms with Gasteiger partial charge in [-0.2, -0.15) is 0 Å². The summed E-state index contributed by atoms with van der Waals surface area (Å²) in [5.74, 6) is 0. The van der Waals surface area contributed by atoms with E-state index < -0.39 is 0 Å². The summed E-state index contributed by atoms with van der Waals surface area (Å²) in [5, 5.41) is 4.62. The number of nitrogen functional groups attached to an aromatic ring is 1. The molecule has 2 N–H and O–H groups in total. The molecule has 0 fully saturated rings. The average molecular weight is 530 g/mol. The van der Waals surface area contributed by atoms with Crippen molar-refractivity contribution >= 4 is 60.8 Å². The van der Waals surface area contributed by atoms with Crippen molar-refractivity contribution in [1.29, 1.82) is 0 Å². The minimum absolute atomic E-state index is 0.700. The van der Waals surface area contributed by atoms with E-state index in [1.807, 2.05) is 36.4 Å². The maximum absolute atomic E-state index is 6.45. The lowest BCUT2D eigenvalue weighted by atomic mass is 10.1. The SMILES string of the molecule is Nc1ccccc1N(Cc1ccc(-n2c3ccccc3c3c4oc5ccccc5c4ccc32)cc1)c1ccccc1. The van der Waals surface area contributed by atoms with Crippen molar-refractivity contribution in [2.24, 2.45) is 0 Å². The standard InChI is InChI=1S/C37H27N3O/c38-31-14-6-8-16-33(31)39(26-10-2-1-3-11-26)24-25-18-20-27(21-19-25)40-32-15-7-4-13-30(32)36-34(40)23-22-29-28-12-5-9-17-35(28)41-37(29)36/h1-23H,24,38H2. The summed E-state index contributed by atoms with van der Waals surface area (Å²) in [5.41, 5.74) is 15.7. The van der Waals surface area contributed by atoms with Crippen LogP contribution in [-0.4, -0.2) is 4.57 Å². The number of nitrogens with zero attached hydrogens (tertiary/aromatic N) is 2. The van der Waals surface area contributed by atoms with Gasteiger partial charge in [-0.15, -0.1) is 0 Å². The number of fused-ring (bicyclic) bond motifs is 7. The molecule has 0 radical (unpaired) electrons. The van der Waals surface area contributed by atoms with Crippen molar-refractivity contribution in [3.8, 4) is 5.69 Å². The van der Waals surface area contributed by atoms with Crippen molar-refractivity contribution in [2.45, 2.75) is 6.54 Å². The molecule has 8 rings (SSSR count). The highest BCUT2D eigenvalue weighted by molar-refractivity contribution is 6.23. The molecule has 0 aliphatic heterocycles. The second-order valence-electron chi connectivity index (χ2n) is 10.4. The first-order valence-corrected chi connectivity index (χ1v) is 13.9. The largest absolute Gasteiger partial charge is 0.455 e. The van der Waals surface area contributed by atoms with Crippen molar-refractivity contribution in [2.75, 3.05) is 10.6 Å². The monoisotopic (exact) mass is 529 g/mol. The summed E-state index contributed by atoms with van der Waals surface area (Å²) in [6.45, 7) is 0.700. The molecule has 4 nitrogen and oxygen atoms in total. The lowest BCUT2D eigenvalue weighted by Gasteiger charge is -2.26. The molecule has 8 aromatic rings. The summed E-state index contributed by atoms with van der Waals surface area (Å²) in [4.78, 5) is 2.27. The molecule has 0 unspecified atom stereocenters. The fourth-order valence-corrected chi connectivity index (χ4v) is 6.10. The van der Waals surface area contributed by atoms with Gasteiger partial charge < -0.3 is 19.6 Å². The summed E-state index contributed by atoms with van der Waals surface area (Å²) < 4.78 is 8.79. The highest BCUT2D eigenvalue weighted by Crippen LogP contribution is 2.40. The van der Waals surface area contributed by atoms with Crippen molar-refractivity contribution < 1.29 is 4.42 Å². The zero-order chi connectivity index (χ0) is 27.3. The van der Waals surface area contributed by atoms with E-state index in [0.29, 0.717) is 6.54 Å². The Balaban J connectivity index is 1.25. The van der Waals surface area contributed by atoms with Crippen LogP contribution in [0.2, 0.25) is 0 Å². The van der Waals surface area contributed by atoms with Gasteiger partial charge in [-0.1, -0.05) is 78.9 Å². The normalized spacial score (nSPS) is 11.6. The third-order valence-corrected chi connectivity index (χ3v) is 8.01. The molecule has 41 heavy (non-hydrogen) atoms. The second kappa shape index (κ2) is 9.32. The number of anilines is 3.